The first-order valence-corrected chi connectivity index (χ1v) is 7.87. The molecule has 25 heavy (non-hydrogen) atoms. The third-order valence-corrected chi connectivity index (χ3v) is 3.90. The Kier molecular flexibility index (Phi) is 8.25. The summed E-state index contributed by atoms with van der Waals surface area (Å²) in [5.41, 5.74) is 7.99. The number of hydrogen-bond donors (Lipinski definition) is 2. The number of nitrogens with one attached hydrogen (secondary N) is 1. The highest BCUT2D eigenvalue weighted by molar-refractivity contribution is 5.85. The van der Waals surface area contributed by atoms with Gasteiger partial charge in [0.05, 0.1) is 26.3 Å². The molecule has 136 valence electrons. The summed E-state index contributed by atoms with van der Waals surface area (Å²) in [5, 5.41) is 2.94. The monoisotopic (exact) mass is 364 g/mol. The topological polar surface area (TPSA) is 73.6 Å². The lowest BCUT2D eigenvalue weighted by atomic mass is 10.0. The normalized spacial score (nSPS) is 12.5. The summed E-state index contributed by atoms with van der Waals surface area (Å²) >= 11 is 0. The van der Waals surface area contributed by atoms with Crippen LogP contribution in [0, 0.1) is 0 Å². The van der Waals surface area contributed by atoms with Gasteiger partial charge in [0.2, 0.25) is 5.91 Å². The van der Waals surface area contributed by atoms with E-state index < -0.39 is 6.04 Å². The van der Waals surface area contributed by atoms with Crippen molar-refractivity contribution in [3.05, 3.63) is 59.7 Å². The summed E-state index contributed by atoms with van der Waals surface area (Å²) in [5.74, 6) is 1.10. The Bertz CT molecular complexity index is 680. The van der Waals surface area contributed by atoms with E-state index >= 15 is 0 Å². The van der Waals surface area contributed by atoms with E-state index in [0.29, 0.717) is 17.9 Å². The van der Waals surface area contributed by atoms with Crippen molar-refractivity contribution in [3.8, 4) is 11.5 Å². The lowest BCUT2D eigenvalue weighted by Gasteiger charge is -2.19. The van der Waals surface area contributed by atoms with Crippen molar-refractivity contribution in [2.75, 3.05) is 14.2 Å². The molecule has 0 saturated heterocycles. The van der Waals surface area contributed by atoms with Crippen LogP contribution in [0.25, 0.3) is 0 Å². The van der Waals surface area contributed by atoms with E-state index in [0.717, 1.165) is 11.1 Å². The van der Waals surface area contributed by atoms with Crippen molar-refractivity contribution in [2.24, 2.45) is 5.73 Å². The molecule has 0 bridgehead atoms. The van der Waals surface area contributed by atoms with Crippen LogP contribution in [0.3, 0.4) is 0 Å². The van der Waals surface area contributed by atoms with Gasteiger partial charge >= 0.3 is 0 Å². The summed E-state index contributed by atoms with van der Waals surface area (Å²) in [6.07, 6.45) is 0.505. The van der Waals surface area contributed by atoms with Crippen LogP contribution in [0.1, 0.15) is 24.1 Å². The first-order valence-electron chi connectivity index (χ1n) is 7.87. The zero-order valence-electron chi connectivity index (χ0n) is 14.7. The molecule has 1 unspecified atom stereocenters. The van der Waals surface area contributed by atoms with E-state index in [1.54, 1.807) is 14.2 Å². The lowest BCUT2D eigenvalue weighted by Crippen LogP contribution is -2.42. The Labute approximate surface area is 154 Å². The van der Waals surface area contributed by atoms with Crippen LogP contribution in [-0.4, -0.2) is 26.2 Å². The SMILES string of the molecule is COc1ccc(C(C)NC(=O)[C@@H](N)Cc2ccccc2)cc1OC.Cl. The average Bonchev–Trinajstić information content (AvgIpc) is 2.61. The van der Waals surface area contributed by atoms with Gasteiger partial charge in [0.15, 0.2) is 11.5 Å². The standard InChI is InChI=1S/C19H24N2O3.ClH/c1-13(15-9-10-17(23-2)18(12-15)24-3)21-19(22)16(20)11-14-7-5-4-6-8-14;/h4-10,12-13,16H,11,20H2,1-3H3,(H,21,22);1H/t13?,16-;/m0./s1. The molecule has 0 spiro atoms. The molecule has 3 N–H and O–H groups in total. The highest BCUT2D eigenvalue weighted by Gasteiger charge is 2.18. The van der Waals surface area contributed by atoms with Crippen LogP contribution in [0.4, 0.5) is 0 Å². The minimum atomic E-state index is -0.588. The molecule has 1 amide bonds. The van der Waals surface area contributed by atoms with Gasteiger partial charge < -0.3 is 20.5 Å². The Morgan fingerprint density at radius 2 is 1.72 bits per heavy atom. The van der Waals surface area contributed by atoms with Crippen molar-refractivity contribution >= 4 is 18.3 Å². The molecule has 6 heteroatoms. The fourth-order valence-corrected chi connectivity index (χ4v) is 2.49. The first-order chi connectivity index (χ1) is 11.5. The van der Waals surface area contributed by atoms with E-state index in [9.17, 15) is 4.79 Å². The largest absolute Gasteiger partial charge is 0.493 e. The molecule has 2 aromatic rings. The van der Waals surface area contributed by atoms with Gasteiger partial charge in [0.1, 0.15) is 0 Å². The van der Waals surface area contributed by atoms with Crippen LogP contribution in [-0.2, 0) is 11.2 Å². The number of hydrogen-bond acceptors (Lipinski definition) is 4. The third-order valence-electron chi connectivity index (χ3n) is 3.90. The van der Waals surface area contributed by atoms with Gasteiger partial charge in [-0.05, 0) is 36.6 Å². The Morgan fingerprint density at radius 3 is 2.32 bits per heavy atom. The van der Waals surface area contributed by atoms with Crippen molar-refractivity contribution < 1.29 is 14.3 Å². The number of halogens is 1. The van der Waals surface area contributed by atoms with Crippen molar-refractivity contribution in [1.82, 2.24) is 5.32 Å². The van der Waals surface area contributed by atoms with Gasteiger partial charge in [-0.2, -0.15) is 0 Å². The second kappa shape index (κ2) is 9.91. The molecule has 0 heterocycles. The zero-order valence-corrected chi connectivity index (χ0v) is 15.5. The lowest BCUT2D eigenvalue weighted by molar-refractivity contribution is -0.123. The molecule has 2 rings (SSSR count). The number of methoxy groups -OCH3 is 2. The number of ether oxygens (including phenoxy) is 2. The minimum absolute atomic E-state index is 0. The second-order valence-corrected chi connectivity index (χ2v) is 5.64. The molecule has 0 saturated carbocycles. The number of carbonyl (C=O) groups is 1. The number of amides is 1. The molecule has 2 atom stereocenters. The van der Waals surface area contributed by atoms with Gasteiger partial charge in [-0.15, -0.1) is 12.4 Å². The first kappa shape index (κ1) is 20.8. The highest BCUT2D eigenvalue weighted by Crippen LogP contribution is 2.29. The molecule has 0 aliphatic rings. The predicted molar refractivity (Wildman–Crippen MR) is 101 cm³/mol. The fraction of sp³-hybridized carbons (Fsp3) is 0.316. The summed E-state index contributed by atoms with van der Waals surface area (Å²) in [6, 6.07) is 14.5. The molecular weight excluding hydrogens is 340 g/mol. The van der Waals surface area contributed by atoms with E-state index in [-0.39, 0.29) is 24.4 Å². The second-order valence-electron chi connectivity index (χ2n) is 5.64. The van der Waals surface area contributed by atoms with Crippen LogP contribution < -0.4 is 20.5 Å². The van der Waals surface area contributed by atoms with Crippen LogP contribution in [0.2, 0.25) is 0 Å². The Morgan fingerprint density at radius 1 is 1.08 bits per heavy atom. The van der Waals surface area contributed by atoms with Gasteiger partial charge in [-0.25, -0.2) is 0 Å². The van der Waals surface area contributed by atoms with E-state index in [1.807, 2.05) is 55.5 Å². The van der Waals surface area contributed by atoms with E-state index in [1.165, 1.54) is 0 Å². The average molecular weight is 365 g/mol. The Hall–Kier alpha value is -2.24. The molecule has 0 aliphatic carbocycles. The number of nitrogens with two attached hydrogens (primary N) is 1. The third kappa shape index (κ3) is 5.66. The smallest absolute Gasteiger partial charge is 0.237 e. The summed E-state index contributed by atoms with van der Waals surface area (Å²) in [4.78, 5) is 12.3. The van der Waals surface area contributed by atoms with Gasteiger partial charge in [-0.3, -0.25) is 4.79 Å². The van der Waals surface area contributed by atoms with Crippen LogP contribution >= 0.6 is 12.4 Å². The van der Waals surface area contributed by atoms with Crippen molar-refractivity contribution in [2.45, 2.75) is 25.4 Å². The van der Waals surface area contributed by atoms with Crippen molar-refractivity contribution in [1.29, 1.82) is 0 Å². The fourth-order valence-electron chi connectivity index (χ4n) is 2.49. The maximum absolute atomic E-state index is 12.3. The summed E-state index contributed by atoms with van der Waals surface area (Å²) < 4.78 is 10.5. The summed E-state index contributed by atoms with van der Waals surface area (Å²) in [6.45, 7) is 1.91. The van der Waals surface area contributed by atoms with E-state index in [4.69, 9.17) is 15.2 Å². The van der Waals surface area contributed by atoms with Gasteiger partial charge in [0, 0.05) is 0 Å². The molecular formula is C19H25ClN2O3. The number of benzene rings is 2. The molecule has 0 aromatic heterocycles. The molecule has 5 nitrogen and oxygen atoms in total. The molecule has 0 aliphatic heterocycles. The molecule has 0 fully saturated rings. The minimum Gasteiger partial charge on any atom is -0.493 e. The number of carbonyl (C=O) groups excluding carboxylic acids is 1. The predicted octanol–water partition coefficient (Wildman–Crippen LogP) is 2.87. The summed E-state index contributed by atoms with van der Waals surface area (Å²) in [7, 11) is 3.17. The van der Waals surface area contributed by atoms with Crippen molar-refractivity contribution in [3.63, 3.8) is 0 Å². The van der Waals surface area contributed by atoms with Crippen LogP contribution in [0.15, 0.2) is 48.5 Å². The highest BCUT2D eigenvalue weighted by atomic mass is 35.5. The van der Waals surface area contributed by atoms with Crippen LogP contribution in [0.5, 0.6) is 11.5 Å². The Balaban J connectivity index is 0.00000312. The number of rotatable bonds is 7. The van der Waals surface area contributed by atoms with Gasteiger partial charge in [0.25, 0.3) is 0 Å². The molecule has 0 radical (unpaired) electrons. The quantitative estimate of drug-likeness (QED) is 0.792. The maximum atomic E-state index is 12.3. The zero-order chi connectivity index (χ0) is 17.5. The maximum Gasteiger partial charge on any atom is 0.237 e. The van der Waals surface area contributed by atoms with Gasteiger partial charge in [-0.1, -0.05) is 36.4 Å². The molecule has 2 aromatic carbocycles. The van der Waals surface area contributed by atoms with E-state index in [2.05, 4.69) is 5.32 Å².